The highest BCUT2D eigenvalue weighted by Crippen LogP contribution is 2.54. The van der Waals surface area contributed by atoms with Gasteiger partial charge >= 0.3 is 12.1 Å². The molecule has 0 aromatic heterocycles. The number of carboxylic acid groups (broad SMARTS) is 1. The maximum Gasteiger partial charge on any atom is 0.417 e. The van der Waals surface area contributed by atoms with E-state index in [4.69, 9.17) is 9.47 Å². The minimum Gasteiger partial charge on any atom is -0.490 e. The van der Waals surface area contributed by atoms with Gasteiger partial charge in [0, 0.05) is 23.5 Å². The van der Waals surface area contributed by atoms with E-state index >= 15 is 0 Å². The van der Waals surface area contributed by atoms with E-state index in [-0.39, 0.29) is 17.4 Å². The fraction of sp³-hybridized carbons (Fsp3) is 0.611. The predicted molar refractivity (Wildman–Crippen MR) is 83.5 cm³/mol. The number of hydrogen-bond donors (Lipinski definition) is 1. The molecule has 3 rings (SSSR count). The first-order valence-electron chi connectivity index (χ1n) is 8.48. The summed E-state index contributed by atoms with van der Waals surface area (Å²) in [6, 6.07) is 3.49. The van der Waals surface area contributed by atoms with Crippen molar-refractivity contribution in [3.05, 3.63) is 29.6 Å². The topological polar surface area (TPSA) is 55.8 Å². The standard InChI is InChI=1S/C18H20F4O4/c1-9-14(15(16(23)24)26-17(9,2)18(20,21)22)12-7-6-10(19)8-13(12)25-11-4-3-5-11/h6-9,11,14-15H,3-5H2,1-2H3,(H,23,24)/t9-,14-,15+,17+/m0/s1. The number of halogens is 4. The van der Waals surface area contributed by atoms with Crippen LogP contribution in [0.15, 0.2) is 18.2 Å². The lowest BCUT2D eigenvalue weighted by Gasteiger charge is -2.32. The van der Waals surface area contributed by atoms with E-state index in [1.807, 2.05) is 0 Å². The second-order valence-electron chi connectivity index (χ2n) is 7.15. The Balaban J connectivity index is 2.04. The van der Waals surface area contributed by atoms with Crippen molar-refractivity contribution in [1.29, 1.82) is 0 Å². The highest BCUT2D eigenvalue weighted by atomic mass is 19.4. The van der Waals surface area contributed by atoms with Crippen molar-refractivity contribution in [2.24, 2.45) is 5.92 Å². The number of rotatable bonds is 4. The van der Waals surface area contributed by atoms with Crippen LogP contribution in [0.2, 0.25) is 0 Å². The lowest BCUT2D eigenvalue weighted by atomic mass is 9.77. The van der Waals surface area contributed by atoms with Crippen LogP contribution in [0, 0.1) is 11.7 Å². The summed E-state index contributed by atoms with van der Waals surface area (Å²) in [4.78, 5) is 11.6. The Morgan fingerprint density at radius 1 is 1.35 bits per heavy atom. The molecular formula is C18H20F4O4. The van der Waals surface area contributed by atoms with Crippen LogP contribution in [0.1, 0.15) is 44.6 Å². The summed E-state index contributed by atoms with van der Waals surface area (Å²) in [5, 5.41) is 9.44. The van der Waals surface area contributed by atoms with Gasteiger partial charge in [-0.3, -0.25) is 0 Å². The molecular weight excluding hydrogens is 356 g/mol. The molecule has 2 aliphatic rings. The van der Waals surface area contributed by atoms with Crippen LogP contribution in [0.25, 0.3) is 0 Å². The summed E-state index contributed by atoms with van der Waals surface area (Å²) in [6.45, 7) is 2.15. The average Bonchev–Trinajstić information content (AvgIpc) is 2.77. The van der Waals surface area contributed by atoms with Gasteiger partial charge in [0.25, 0.3) is 0 Å². The Hall–Kier alpha value is -1.83. The molecule has 1 aliphatic heterocycles. The molecule has 4 nitrogen and oxygen atoms in total. The summed E-state index contributed by atoms with van der Waals surface area (Å²) >= 11 is 0. The zero-order chi connectivity index (χ0) is 19.3. The molecule has 144 valence electrons. The highest BCUT2D eigenvalue weighted by molar-refractivity contribution is 5.75. The molecule has 2 fully saturated rings. The van der Waals surface area contributed by atoms with Gasteiger partial charge in [-0.1, -0.05) is 13.0 Å². The minimum atomic E-state index is -4.75. The van der Waals surface area contributed by atoms with Crippen LogP contribution in [0.5, 0.6) is 5.75 Å². The Morgan fingerprint density at radius 2 is 2.00 bits per heavy atom. The van der Waals surface area contributed by atoms with Gasteiger partial charge in [0.15, 0.2) is 11.7 Å². The summed E-state index contributed by atoms with van der Waals surface area (Å²) in [5.41, 5.74) is -2.39. The first-order valence-corrected chi connectivity index (χ1v) is 8.48. The van der Waals surface area contributed by atoms with Crippen molar-refractivity contribution in [3.8, 4) is 5.75 Å². The molecule has 1 aromatic rings. The molecule has 0 unspecified atom stereocenters. The third-order valence-corrected chi connectivity index (χ3v) is 5.59. The molecule has 26 heavy (non-hydrogen) atoms. The highest BCUT2D eigenvalue weighted by Gasteiger charge is 2.66. The van der Waals surface area contributed by atoms with Crippen LogP contribution in [-0.4, -0.2) is 35.1 Å². The molecule has 0 amide bonds. The number of carbonyl (C=O) groups is 1. The molecule has 8 heteroatoms. The van der Waals surface area contributed by atoms with Crippen molar-refractivity contribution in [1.82, 2.24) is 0 Å². The van der Waals surface area contributed by atoms with Gasteiger partial charge in [-0.2, -0.15) is 13.2 Å². The molecule has 0 radical (unpaired) electrons. The number of hydrogen-bond acceptors (Lipinski definition) is 3. The number of ether oxygens (including phenoxy) is 2. The van der Waals surface area contributed by atoms with E-state index in [1.165, 1.54) is 13.0 Å². The molecule has 1 saturated heterocycles. The normalized spacial score (nSPS) is 32.3. The van der Waals surface area contributed by atoms with Crippen molar-refractivity contribution in [2.45, 2.75) is 63.0 Å². The van der Waals surface area contributed by atoms with Crippen molar-refractivity contribution >= 4 is 5.97 Å². The number of aliphatic carboxylic acids is 1. The van der Waals surface area contributed by atoms with Crippen LogP contribution >= 0.6 is 0 Å². The first-order chi connectivity index (χ1) is 12.0. The second-order valence-corrected chi connectivity index (χ2v) is 7.15. The van der Waals surface area contributed by atoms with Gasteiger partial charge in [0.1, 0.15) is 11.6 Å². The van der Waals surface area contributed by atoms with Gasteiger partial charge in [0.2, 0.25) is 0 Å². The van der Waals surface area contributed by atoms with Crippen molar-refractivity contribution in [3.63, 3.8) is 0 Å². The Morgan fingerprint density at radius 3 is 2.50 bits per heavy atom. The van der Waals surface area contributed by atoms with Crippen LogP contribution in [-0.2, 0) is 9.53 Å². The second kappa shape index (κ2) is 6.40. The summed E-state index contributed by atoms with van der Waals surface area (Å²) in [7, 11) is 0. The Labute approximate surface area is 148 Å². The zero-order valence-corrected chi connectivity index (χ0v) is 14.3. The number of alkyl halides is 3. The number of benzene rings is 1. The molecule has 0 spiro atoms. The van der Waals surface area contributed by atoms with Gasteiger partial charge in [0.05, 0.1) is 6.10 Å². The average molecular weight is 376 g/mol. The van der Waals surface area contributed by atoms with E-state index in [2.05, 4.69) is 0 Å². The maximum atomic E-state index is 13.7. The van der Waals surface area contributed by atoms with E-state index in [0.717, 1.165) is 38.3 Å². The lowest BCUT2D eigenvalue weighted by Crippen LogP contribution is -2.47. The third kappa shape index (κ3) is 3.04. The minimum absolute atomic E-state index is 0.0906. The van der Waals surface area contributed by atoms with E-state index < -0.39 is 41.5 Å². The van der Waals surface area contributed by atoms with Crippen LogP contribution < -0.4 is 4.74 Å². The van der Waals surface area contributed by atoms with Crippen molar-refractivity contribution < 1.29 is 36.9 Å². The van der Waals surface area contributed by atoms with Crippen molar-refractivity contribution in [2.75, 3.05) is 0 Å². The maximum absolute atomic E-state index is 13.7. The predicted octanol–water partition coefficient (Wildman–Crippen LogP) is 4.28. The fourth-order valence-corrected chi connectivity index (χ4v) is 3.56. The summed E-state index contributed by atoms with van der Waals surface area (Å²) in [6.07, 6.45) is -4.08. The molecule has 1 saturated carbocycles. The molecule has 0 bridgehead atoms. The largest absolute Gasteiger partial charge is 0.490 e. The molecule has 4 atom stereocenters. The summed E-state index contributed by atoms with van der Waals surface area (Å²) < 4.78 is 65.1. The Bertz CT molecular complexity index is 701. The third-order valence-electron chi connectivity index (χ3n) is 5.59. The lowest BCUT2D eigenvalue weighted by molar-refractivity contribution is -0.273. The SMILES string of the molecule is C[C@H]1[C@@H](c2ccc(F)cc2OC2CCC2)[C@H](C(=O)O)O[C@@]1(C)C(F)(F)F. The van der Waals surface area contributed by atoms with Gasteiger partial charge in [-0.15, -0.1) is 0 Å². The summed E-state index contributed by atoms with van der Waals surface area (Å²) in [5.74, 6) is -4.31. The molecule has 1 aromatic carbocycles. The smallest absolute Gasteiger partial charge is 0.417 e. The van der Waals surface area contributed by atoms with Gasteiger partial charge < -0.3 is 14.6 Å². The van der Waals surface area contributed by atoms with Crippen LogP contribution in [0.4, 0.5) is 17.6 Å². The van der Waals surface area contributed by atoms with Crippen LogP contribution in [0.3, 0.4) is 0 Å². The van der Waals surface area contributed by atoms with E-state index in [1.54, 1.807) is 0 Å². The monoisotopic (exact) mass is 376 g/mol. The quantitative estimate of drug-likeness (QED) is 0.797. The number of carboxylic acids is 1. The van der Waals surface area contributed by atoms with E-state index in [0.29, 0.717) is 0 Å². The molecule has 1 N–H and O–H groups in total. The van der Waals surface area contributed by atoms with Gasteiger partial charge in [-0.25, -0.2) is 9.18 Å². The van der Waals surface area contributed by atoms with Gasteiger partial charge in [-0.05, 0) is 32.3 Å². The fourth-order valence-electron chi connectivity index (χ4n) is 3.56. The zero-order valence-electron chi connectivity index (χ0n) is 14.3. The Kier molecular flexibility index (Phi) is 4.67. The first kappa shape index (κ1) is 18.9. The molecule has 1 aliphatic carbocycles. The molecule has 1 heterocycles. The van der Waals surface area contributed by atoms with E-state index in [9.17, 15) is 27.5 Å².